The maximum absolute atomic E-state index is 12.2. The lowest BCUT2D eigenvalue weighted by molar-refractivity contribution is -0.126. The van der Waals surface area contributed by atoms with Crippen LogP contribution in [0.4, 0.5) is 0 Å². The van der Waals surface area contributed by atoms with Crippen LogP contribution in [0, 0.1) is 5.41 Å². The van der Waals surface area contributed by atoms with Crippen LogP contribution in [0.5, 0.6) is 0 Å². The van der Waals surface area contributed by atoms with Crippen molar-refractivity contribution in [2.45, 2.75) is 18.6 Å². The number of nitrogens with zero attached hydrogens (tertiary/aromatic N) is 1. The summed E-state index contributed by atoms with van der Waals surface area (Å²) in [6.45, 7) is 2.48. The van der Waals surface area contributed by atoms with E-state index in [0.29, 0.717) is 18.1 Å². The number of amides is 1. The van der Waals surface area contributed by atoms with Gasteiger partial charge in [0.1, 0.15) is 0 Å². The minimum atomic E-state index is -0.161. The molecule has 1 aromatic heterocycles. The van der Waals surface area contributed by atoms with Crippen LogP contribution >= 0.6 is 11.8 Å². The standard InChI is InChI=1S/C14H15N3OS/c1-2-17-13(18)12(19-14(17)15)7-9-8-16-11-6-4-3-5-10(9)11/h3-6,8,12,15-16H,2,7H2,1H3. The molecule has 0 saturated carbocycles. The van der Waals surface area contributed by atoms with Gasteiger partial charge in [0.15, 0.2) is 5.17 Å². The van der Waals surface area contributed by atoms with Gasteiger partial charge < -0.3 is 4.98 Å². The van der Waals surface area contributed by atoms with Gasteiger partial charge in [-0.3, -0.25) is 15.1 Å². The second kappa shape index (κ2) is 4.74. The molecule has 1 fully saturated rings. The van der Waals surface area contributed by atoms with Crippen LogP contribution in [0.25, 0.3) is 10.9 Å². The summed E-state index contributed by atoms with van der Waals surface area (Å²) in [5.41, 5.74) is 2.24. The first-order chi connectivity index (χ1) is 9.20. The molecule has 3 rings (SSSR count). The van der Waals surface area contributed by atoms with Crippen molar-refractivity contribution in [1.82, 2.24) is 9.88 Å². The van der Waals surface area contributed by atoms with E-state index < -0.39 is 0 Å². The highest BCUT2D eigenvalue weighted by molar-refractivity contribution is 8.15. The van der Waals surface area contributed by atoms with Crippen molar-refractivity contribution in [1.29, 1.82) is 5.41 Å². The van der Waals surface area contributed by atoms with Gasteiger partial charge in [-0.2, -0.15) is 0 Å². The number of fused-ring (bicyclic) bond motifs is 1. The quantitative estimate of drug-likeness (QED) is 0.903. The summed E-state index contributed by atoms with van der Waals surface area (Å²) in [6, 6.07) is 8.09. The summed E-state index contributed by atoms with van der Waals surface area (Å²) in [7, 11) is 0. The smallest absolute Gasteiger partial charge is 0.242 e. The van der Waals surface area contributed by atoms with Gasteiger partial charge in [0.05, 0.1) is 5.25 Å². The number of rotatable bonds is 3. The second-order valence-corrected chi connectivity index (χ2v) is 5.75. The van der Waals surface area contributed by atoms with Gasteiger partial charge in [0, 0.05) is 23.6 Å². The van der Waals surface area contributed by atoms with Crippen molar-refractivity contribution in [3.63, 3.8) is 0 Å². The monoisotopic (exact) mass is 273 g/mol. The molecular formula is C14H15N3OS. The Morgan fingerprint density at radius 1 is 1.42 bits per heavy atom. The average molecular weight is 273 g/mol. The molecule has 19 heavy (non-hydrogen) atoms. The van der Waals surface area contributed by atoms with E-state index in [-0.39, 0.29) is 11.2 Å². The molecule has 98 valence electrons. The number of thioether (sulfide) groups is 1. The largest absolute Gasteiger partial charge is 0.361 e. The van der Waals surface area contributed by atoms with E-state index in [0.717, 1.165) is 16.5 Å². The van der Waals surface area contributed by atoms with E-state index in [9.17, 15) is 4.79 Å². The fourth-order valence-corrected chi connectivity index (χ4v) is 3.56. The Kier molecular flexibility index (Phi) is 3.06. The van der Waals surface area contributed by atoms with Crippen molar-refractivity contribution < 1.29 is 4.79 Å². The number of amidine groups is 1. The molecule has 1 saturated heterocycles. The number of aromatic nitrogens is 1. The minimum absolute atomic E-state index is 0.0581. The van der Waals surface area contributed by atoms with E-state index in [1.165, 1.54) is 11.8 Å². The highest BCUT2D eigenvalue weighted by Gasteiger charge is 2.36. The lowest BCUT2D eigenvalue weighted by atomic mass is 10.1. The highest BCUT2D eigenvalue weighted by Crippen LogP contribution is 2.30. The molecule has 0 aliphatic carbocycles. The molecule has 1 atom stereocenters. The lowest BCUT2D eigenvalue weighted by Gasteiger charge is -2.11. The van der Waals surface area contributed by atoms with E-state index in [1.54, 1.807) is 4.90 Å². The Morgan fingerprint density at radius 3 is 2.95 bits per heavy atom. The van der Waals surface area contributed by atoms with Gasteiger partial charge >= 0.3 is 0 Å². The second-order valence-electron chi connectivity index (χ2n) is 4.56. The van der Waals surface area contributed by atoms with Crippen LogP contribution in [-0.2, 0) is 11.2 Å². The lowest BCUT2D eigenvalue weighted by Crippen LogP contribution is -2.32. The molecular weight excluding hydrogens is 258 g/mol. The molecule has 1 aliphatic heterocycles. The number of carbonyl (C=O) groups excluding carboxylic acids is 1. The number of aromatic amines is 1. The normalized spacial score (nSPS) is 19.6. The van der Waals surface area contributed by atoms with Crippen molar-refractivity contribution in [2.75, 3.05) is 6.54 Å². The molecule has 2 aromatic rings. The summed E-state index contributed by atoms with van der Waals surface area (Å²) in [6.07, 6.45) is 2.64. The first-order valence-electron chi connectivity index (χ1n) is 6.32. The summed E-state index contributed by atoms with van der Waals surface area (Å²) in [5, 5.41) is 9.19. The first-order valence-corrected chi connectivity index (χ1v) is 7.20. The topological polar surface area (TPSA) is 60.0 Å². The van der Waals surface area contributed by atoms with Crippen LogP contribution in [0.3, 0.4) is 0 Å². The molecule has 5 heteroatoms. The van der Waals surface area contributed by atoms with Crippen LogP contribution in [-0.4, -0.2) is 32.8 Å². The third-order valence-electron chi connectivity index (χ3n) is 3.44. The number of carbonyl (C=O) groups is 1. The Labute approximate surface area is 115 Å². The van der Waals surface area contributed by atoms with E-state index >= 15 is 0 Å². The van der Waals surface area contributed by atoms with Crippen molar-refractivity contribution in [3.05, 3.63) is 36.0 Å². The summed E-state index contributed by atoms with van der Waals surface area (Å²) < 4.78 is 0. The molecule has 1 aromatic carbocycles. The third kappa shape index (κ3) is 2.04. The Balaban J connectivity index is 1.86. The van der Waals surface area contributed by atoms with Crippen LogP contribution in [0.1, 0.15) is 12.5 Å². The first kappa shape index (κ1) is 12.3. The molecule has 0 radical (unpaired) electrons. The molecule has 2 N–H and O–H groups in total. The number of benzene rings is 1. The molecule has 4 nitrogen and oxygen atoms in total. The van der Waals surface area contributed by atoms with Gasteiger partial charge in [-0.15, -0.1) is 0 Å². The van der Waals surface area contributed by atoms with E-state index in [1.807, 2.05) is 31.3 Å². The summed E-state index contributed by atoms with van der Waals surface area (Å²) in [4.78, 5) is 16.9. The zero-order valence-corrected chi connectivity index (χ0v) is 11.5. The summed E-state index contributed by atoms with van der Waals surface area (Å²) >= 11 is 1.36. The number of H-pyrrole nitrogens is 1. The fraction of sp³-hybridized carbons (Fsp3) is 0.286. The van der Waals surface area contributed by atoms with E-state index in [4.69, 9.17) is 5.41 Å². The zero-order valence-electron chi connectivity index (χ0n) is 10.6. The van der Waals surface area contributed by atoms with Crippen molar-refractivity contribution in [2.24, 2.45) is 0 Å². The van der Waals surface area contributed by atoms with E-state index in [2.05, 4.69) is 11.1 Å². The number of hydrogen-bond donors (Lipinski definition) is 2. The van der Waals surface area contributed by atoms with Crippen molar-refractivity contribution in [3.8, 4) is 0 Å². The number of para-hydroxylation sites is 1. The number of hydrogen-bond acceptors (Lipinski definition) is 3. The van der Waals surface area contributed by atoms with Crippen LogP contribution in [0.15, 0.2) is 30.5 Å². The SMILES string of the molecule is CCN1C(=N)SC(Cc2c[nH]c3ccccc23)C1=O. The Hall–Kier alpha value is -1.75. The molecule has 0 bridgehead atoms. The molecule has 2 heterocycles. The van der Waals surface area contributed by atoms with Gasteiger partial charge in [-0.1, -0.05) is 30.0 Å². The maximum Gasteiger partial charge on any atom is 0.242 e. The molecule has 1 amide bonds. The molecule has 0 spiro atoms. The predicted molar refractivity (Wildman–Crippen MR) is 78.5 cm³/mol. The van der Waals surface area contributed by atoms with Crippen LogP contribution < -0.4 is 0 Å². The number of nitrogens with one attached hydrogen (secondary N) is 2. The van der Waals surface area contributed by atoms with Gasteiger partial charge in [0.2, 0.25) is 5.91 Å². The Morgan fingerprint density at radius 2 is 2.21 bits per heavy atom. The Bertz CT molecular complexity index is 649. The average Bonchev–Trinajstić information content (AvgIpc) is 2.93. The van der Waals surface area contributed by atoms with Crippen LogP contribution in [0.2, 0.25) is 0 Å². The van der Waals surface area contributed by atoms with Gasteiger partial charge in [0.25, 0.3) is 0 Å². The molecule has 1 unspecified atom stereocenters. The zero-order chi connectivity index (χ0) is 13.4. The molecule has 1 aliphatic rings. The third-order valence-corrected chi connectivity index (χ3v) is 4.53. The van der Waals surface area contributed by atoms with Gasteiger partial charge in [-0.05, 0) is 25.0 Å². The van der Waals surface area contributed by atoms with Gasteiger partial charge in [-0.25, -0.2) is 0 Å². The highest BCUT2D eigenvalue weighted by atomic mass is 32.2. The minimum Gasteiger partial charge on any atom is -0.361 e. The maximum atomic E-state index is 12.2. The van der Waals surface area contributed by atoms with Crippen molar-refractivity contribution >= 4 is 33.7 Å². The summed E-state index contributed by atoms with van der Waals surface area (Å²) in [5.74, 6) is 0.0581. The predicted octanol–water partition coefficient (Wildman–Crippen LogP) is 2.61. The fourth-order valence-electron chi connectivity index (χ4n) is 2.45.